The number of anilines is 2. The second-order valence-electron chi connectivity index (χ2n) is 7.84. The molecule has 0 amide bonds. The minimum Gasteiger partial charge on any atom is -0.462 e. The molecule has 4 heteroatoms. The molecule has 2 bridgehead atoms. The molecule has 5 atom stereocenters. The summed E-state index contributed by atoms with van der Waals surface area (Å²) in [5.41, 5.74) is 8.28. The molecule has 3 rings (SSSR count). The first kappa shape index (κ1) is 17.1. The number of nitrogen functional groups attached to an aromatic ring is 1. The highest BCUT2D eigenvalue weighted by Crippen LogP contribution is 2.46. The number of nitrogens with two attached hydrogens (primary N) is 1. The number of ether oxygens (including phenoxy) is 1. The van der Waals surface area contributed by atoms with Crippen LogP contribution < -0.4 is 11.1 Å². The molecule has 24 heavy (non-hydrogen) atoms. The van der Waals surface area contributed by atoms with Crippen molar-refractivity contribution in [3.05, 3.63) is 23.8 Å². The highest BCUT2D eigenvalue weighted by Gasteiger charge is 2.40. The minimum absolute atomic E-state index is 0.314. The number of benzene rings is 1. The van der Waals surface area contributed by atoms with Gasteiger partial charge in [-0.2, -0.15) is 0 Å². The summed E-state index contributed by atoms with van der Waals surface area (Å²) in [7, 11) is 0. The van der Waals surface area contributed by atoms with Gasteiger partial charge in [0.25, 0.3) is 0 Å². The van der Waals surface area contributed by atoms with E-state index in [0.717, 1.165) is 23.4 Å². The number of fused-ring (bicyclic) bond motifs is 2. The summed E-state index contributed by atoms with van der Waals surface area (Å²) in [6.07, 6.45) is 5.34. The second-order valence-corrected chi connectivity index (χ2v) is 7.84. The van der Waals surface area contributed by atoms with E-state index in [2.05, 4.69) is 19.2 Å². The van der Waals surface area contributed by atoms with E-state index >= 15 is 0 Å². The van der Waals surface area contributed by atoms with E-state index < -0.39 is 0 Å². The second kappa shape index (κ2) is 7.04. The van der Waals surface area contributed by atoms with Crippen LogP contribution in [0, 0.1) is 23.7 Å². The smallest absolute Gasteiger partial charge is 0.338 e. The molecule has 0 aliphatic heterocycles. The molecular weight excluding hydrogens is 300 g/mol. The van der Waals surface area contributed by atoms with Crippen molar-refractivity contribution >= 4 is 17.3 Å². The van der Waals surface area contributed by atoms with Crippen molar-refractivity contribution in [1.82, 2.24) is 0 Å². The zero-order valence-electron chi connectivity index (χ0n) is 15.0. The molecule has 0 heterocycles. The number of carbonyl (C=O) groups is 1. The third-order valence-electron chi connectivity index (χ3n) is 5.79. The van der Waals surface area contributed by atoms with Crippen molar-refractivity contribution in [3.63, 3.8) is 0 Å². The largest absolute Gasteiger partial charge is 0.462 e. The first-order valence-corrected chi connectivity index (χ1v) is 9.31. The van der Waals surface area contributed by atoms with Gasteiger partial charge < -0.3 is 15.8 Å². The molecule has 0 spiro atoms. The molecule has 0 saturated heterocycles. The standard InChI is InChI=1S/C20H30N2O2/c1-4-24-20(23)15-5-6-18(17(21)11-15)22-19-13(3)9-14-7-12(2)8-16(19)10-14/h5-6,11-14,16,19,22H,4,7-10,21H2,1-3H3. The van der Waals surface area contributed by atoms with Crippen LogP contribution in [0.3, 0.4) is 0 Å². The monoisotopic (exact) mass is 330 g/mol. The fourth-order valence-corrected chi connectivity index (χ4v) is 4.90. The average Bonchev–Trinajstić information content (AvgIpc) is 2.52. The van der Waals surface area contributed by atoms with E-state index in [4.69, 9.17) is 10.5 Å². The molecule has 5 unspecified atom stereocenters. The Kier molecular flexibility index (Phi) is 5.02. The first-order valence-electron chi connectivity index (χ1n) is 9.31. The maximum atomic E-state index is 11.8. The Morgan fingerprint density at radius 3 is 2.75 bits per heavy atom. The zero-order chi connectivity index (χ0) is 17.3. The molecular formula is C20H30N2O2. The summed E-state index contributed by atoms with van der Waals surface area (Å²) in [4.78, 5) is 11.8. The quantitative estimate of drug-likeness (QED) is 0.637. The van der Waals surface area contributed by atoms with Crippen LogP contribution >= 0.6 is 0 Å². The SMILES string of the molecule is CCOC(=O)c1ccc(NC2C(C)CC3CC(C)CC2C3)c(N)c1. The molecule has 2 aliphatic rings. The first-order chi connectivity index (χ1) is 11.5. The van der Waals surface area contributed by atoms with Crippen molar-refractivity contribution in [2.24, 2.45) is 23.7 Å². The van der Waals surface area contributed by atoms with Gasteiger partial charge in [-0.25, -0.2) is 4.79 Å². The summed E-state index contributed by atoms with van der Waals surface area (Å²) in [5.74, 6) is 2.80. The highest BCUT2D eigenvalue weighted by molar-refractivity contribution is 5.92. The van der Waals surface area contributed by atoms with Crippen LogP contribution in [0.4, 0.5) is 11.4 Å². The van der Waals surface area contributed by atoms with Crippen LogP contribution in [0.1, 0.15) is 56.8 Å². The topological polar surface area (TPSA) is 64.3 Å². The molecule has 2 saturated carbocycles. The van der Waals surface area contributed by atoms with Gasteiger partial charge in [-0.15, -0.1) is 0 Å². The van der Waals surface area contributed by atoms with Gasteiger partial charge in [0, 0.05) is 6.04 Å². The number of rotatable bonds is 4. The maximum Gasteiger partial charge on any atom is 0.338 e. The number of carbonyl (C=O) groups excluding carboxylic acids is 1. The lowest BCUT2D eigenvalue weighted by Crippen LogP contribution is -2.45. The van der Waals surface area contributed by atoms with E-state index in [1.54, 1.807) is 19.1 Å². The number of esters is 1. The van der Waals surface area contributed by atoms with Crippen LogP contribution in [-0.2, 0) is 4.74 Å². The fourth-order valence-electron chi connectivity index (χ4n) is 4.90. The van der Waals surface area contributed by atoms with Gasteiger partial charge in [0.1, 0.15) is 0 Å². The Bertz CT molecular complexity index is 597. The predicted molar refractivity (Wildman–Crippen MR) is 98.0 cm³/mol. The van der Waals surface area contributed by atoms with Crippen molar-refractivity contribution in [2.75, 3.05) is 17.7 Å². The van der Waals surface area contributed by atoms with Crippen LogP contribution in [-0.4, -0.2) is 18.6 Å². The normalized spacial score (nSPS) is 32.2. The van der Waals surface area contributed by atoms with Gasteiger partial charge in [0.15, 0.2) is 0 Å². The van der Waals surface area contributed by atoms with Crippen molar-refractivity contribution in [1.29, 1.82) is 0 Å². The summed E-state index contributed by atoms with van der Waals surface area (Å²) < 4.78 is 5.04. The van der Waals surface area contributed by atoms with Crippen molar-refractivity contribution in [3.8, 4) is 0 Å². The van der Waals surface area contributed by atoms with E-state index in [-0.39, 0.29) is 5.97 Å². The summed E-state index contributed by atoms with van der Waals surface area (Å²) >= 11 is 0. The van der Waals surface area contributed by atoms with Crippen LogP contribution in [0.25, 0.3) is 0 Å². The maximum absolute atomic E-state index is 11.8. The molecule has 3 N–H and O–H groups in total. The Morgan fingerprint density at radius 1 is 1.25 bits per heavy atom. The summed E-state index contributed by atoms with van der Waals surface area (Å²) in [6, 6.07) is 5.92. The molecule has 4 nitrogen and oxygen atoms in total. The lowest BCUT2D eigenvalue weighted by molar-refractivity contribution is 0.0526. The molecule has 132 valence electrons. The molecule has 0 radical (unpaired) electrons. The van der Waals surface area contributed by atoms with Crippen LogP contribution in [0.15, 0.2) is 18.2 Å². The Balaban J connectivity index is 1.74. The van der Waals surface area contributed by atoms with Gasteiger partial charge in [0.2, 0.25) is 0 Å². The lowest BCUT2D eigenvalue weighted by Gasteiger charge is -2.47. The fraction of sp³-hybridized carbons (Fsp3) is 0.650. The average molecular weight is 330 g/mol. The zero-order valence-corrected chi connectivity index (χ0v) is 15.0. The summed E-state index contributed by atoms with van der Waals surface area (Å²) in [5, 5.41) is 3.70. The van der Waals surface area contributed by atoms with E-state index in [9.17, 15) is 4.79 Å². The minimum atomic E-state index is -0.314. The van der Waals surface area contributed by atoms with E-state index in [1.165, 1.54) is 25.7 Å². The van der Waals surface area contributed by atoms with Crippen molar-refractivity contribution < 1.29 is 9.53 Å². The Morgan fingerprint density at radius 2 is 2.04 bits per heavy atom. The third kappa shape index (κ3) is 3.52. The highest BCUT2D eigenvalue weighted by atomic mass is 16.5. The predicted octanol–water partition coefficient (Wildman–Crippen LogP) is 4.32. The third-order valence-corrected chi connectivity index (χ3v) is 5.79. The Hall–Kier alpha value is -1.71. The lowest BCUT2D eigenvalue weighted by atomic mass is 9.63. The van der Waals surface area contributed by atoms with E-state index in [0.29, 0.717) is 29.8 Å². The van der Waals surface area contributed by atoms with Crippen LogP contribution in [0.5, 0.6) is 0 Å². The molecule has 0 aromatic heterocycles. The summed E-state index contributed by atoms with van der Waals surface area (Å²) in [6.45, 7) is 6.92. The molecule has 1 aromatic carbocycles. The molecule has 2 fully saturated rings. The van der Waals surface area contributed by atoms with Gasteiger partial charge in [0.05, 0.1) is 23.5 Å². The Labute approximate surface area is 145 Å². The van der Waals surface area contributed by atoms with Gasteiger partial charge in [-0.3, -0.25) is 0 Å². The van der Waals surface area contributed by atoms with E-state index in [1.807, 2.05) is 6.07 Å². The number of hydrogen-bond acceptors (Lipinski definition) is 4. The number of hydrogen-bond donors (Lipinski definition) is 2. The van der Waals surface area contributed by atoms with Gasteiger partial charge >= 0.3 is 5.97 Å². The van der Waals surface area contributed by atoms with Gasteiger partial charge in [-0.1, -0.05) is 13.8 Å². The van der Waals surface area contributed by atoms with Gasteiger partial charge in [-0.05, 0) is 74.5 Å². The number of nitrogens with one attached hydrogen (secondary N) is 1. The molecule has 1 aromatic rings. The van der Waals surface area contributed by atoms with Crippen LogP contribution in [0.2, 0.25) is 0 Å². The van der Waals surface area contributed by atoms with Crippen molar-refractivity contribution in [2.45, 2.75) is 52.5 Å². The molecule has 2 aliphatic carbocycles.